The normalized spacial score (nSPS) is 19.5. The molecule has 1 nitrogen and oxygen atoms in total. The van der Waals surface area contributed by atoms with Crippen molar-refractivity contribution >= 4 is 11.6 Å². The van der Waals surface area contributed by atoms with Gasteiger partial charge in [0.15, 0.2) is 0 Å². The molecule has 1 aliphatic rings. The molecular weight excluding hydrogens is 227 g/mol. The zero-order valence-corrected chi connectivity index (χ0v) is 10.0. The van der Waals surface area contributed by atoms with Crippen molar-refractivity contribution in [2.75, 3.05) is 0 Å². The van der Waals surface area contributed by atoms with Crippen molar-refractivity contribution in [3.8, 4) is 0 Å². The summed E-state index contributed by atoms with van der Waals surface area (Å²) >= 11 is 5.81. The summed E-state index contributed by atoms with van der Waals surface area (Å²) in [6.07, 6.45) is 2.26. The second kappa shape index (κ2) is 4.72. The van der Waals surface area contributed by atoms with Crippen molar-refractivity contribution in [1.82, 2.24) is 0 Å². The second-order valence-electron chi connectivity index (χ2n) is 4.70. The van der Waals surface area contributed by atoms with Crippen LogP contribution in [-0.2, 0) is 6.42 Å². The minimum absolute atomic E-state index is 0.249. The zero-order chi connectivity index (χ0) is 11.7. The van der Waals surface area contributed by atoms with Gasteiger partial charge in [0.1, 0.15) is 5.82 Å². The van der Waals surface area contributed by atoms with Crippen LogP contribution in [0.25, 0.3) is 0 Å². The van der Waals surface area contributed by atoms with Crippen LogP contribution in [0.1, 0.15) is 25.3 Å². The Morgan fingerprint density at radius 1 is 1.50 bits per heavy atom. The molecule has 1 N–H and O–H groups in total. The summed E-state index contributed by atoms with van der Waals surface area (Å²) in [5.74, 6) is 0.585. The van der Waals surface area contributed by atoms with Crippen molar-refractivity contribution in [2.45, 2.75) is 32.3 Å². The van der Waals surface area contributed by atoms with Crippen LogP contribution in [0.2, 0.25) is 5.02 Å². The molecule has 0 spiro atoms. The van der Waals surface area contributed by atoms with Crippen molar-refractivity contribution in [3.63, 3.8) is 0 Å². The van der Waals surface area contributed by atoms with E-state index in [0.717, 1.165) is 0 Å². The molecule has 1 aromatic rings. The first kappa shape index (κ1) is 11.9. The fourth-order valence-electron chi connectivity index (χ4n) is 2.05. The number of halogens is 2. The Labute approximate surface area is 100 Å². The van der Waals surface area contributed by atoms with Gasteiger partial charge in [0.05, 0.1) is 6.10 Å². The van der Waals surface area contributed by atoms with Gasteiger partial charge in [-0.3, -0.25) is 0 Å². The lowest BCUT2D eigenvalue weighted by Crippen LogP contribution is -2.22. The van der Waals surface area contributed by atoms with E-state index < -0.39 is 6.10 Å². The van der Waals surface area contributed by atoms with Crippen molar-refractivity contribution < 1.29 is 9.50 Å². The Balaban J connectivity index is 2.04. The zero-order valence-electron chi connectivity index (χ0n) is 9.29. The van der Waals surface area contributed by atoms with E-state index >= 15 is 0 Å². The van der Waals surface area contributed by atoms with Gasteiger partial charge in [-0.1, -0.05) is 18.5 Å². The summed E-state index contributed by atoms with van der Waals surface area (Å²) in [6, 6.07) is 4.48. The lowest BCUT2D eigenvalue weighted by atomic mass is 9.93. The number of hydrogen-bond donors (Lipinski definition) is 1. The Morgan fingerprint density at radius 2 is 2.19 bits per heavy atom. The minimum Gasteiger partial charge on any atom is -0.392 e. The smallest absolute Gasteiger partial charge is 0.126 e. The molecule has 1 saturated carbocycles. The fourth-order valence-corrected chi connectivity index (χ4v) is 2.24. The number of rotatable bonds is 4. The Bertz CT molecular complexity index is 376. The van der Waals surface area contributed by atoms with E-state index in [9.17, 15) is 9.50 Å². The second-order valence-corrected chi connectivity index (χ2v) is 5.14. The Kier molecular flexibility index (Phi) is 3.50. The van der Waals surface area contributed by atoms with Gasteiger partial charge in [-0.2, -0.15) is 0 Å². The van der Waals surface area contributed by atoms with Crippen LogP contribution in [0, 0.1) is 17.7 Å². The molecule has 0 amide bonds. The number of hydrogen-bond acceptors (Lipinski definition) is 1. The third-order valence-electron chi connectivity index (χ3n) is 3.41. The summed E-state index contributed by atoms with van der Waals surface area (Å²) in [5.41, 5.74) is 0.507. The molecule has 2 rings (SSSR count). The van der Waals surface area contributed by atoms with Crippen LogP contribution >= 0.6 is 11.6 Å². The topological polar surface area (TPSA) is 20.2 Å². The Morgan fingerprint density at radius 3 is 2.81 bits per heavy atom. The van der Waals surface area contributed by atoms with Gasteiger partial charge < -0.3 is 5.11 Å². The average molecular weight is 243 g/mol. The van der Waals surface area contributed by atoms with Gasteiger partial charge in [0, 0.05) is 11.4 Å². The minimum atomic E-state index is -0.472. The quantitative estimate of drug-likeness (QED) is 0.858. The van der Waals surface area contributed by atoms with Gasteiger partial charge in [0.2, 0.25) is 0 Å². The summed E-state index contributed by atoms with van der Waals surface area (Å²) in [4.78, 5) is 0. The molecule has 1 fully saturated rings. The average Bonchev–Trinajstić information content (AvgIpc) is 3.06. The first-order valence-electron chi connectivity index (χ1n) is 5.70. The predicted molar refractivity (Wildman–Crippen MR) is 63.0 cm³/mol. The number of aliphatic hydroxyl groups excluding tert-OH is 1. The standard InChI is InChI=1S/C13H16ClFO/c1-8(9-2-3-9)13(16)7-10-6-11(14)4-5-12(10)15/h4-6,8-9,13,16H,2-3,7H2,1H3. The molecule has 0 radical (unpaired) electrons. The lowest BCUT2D eigenvalue weighted by Gasteiger charge is -2.18. The highest BCUT2D eigenvalue weighted by Gasteiger charge is 2.32. The maximum atomic E-state index is 13.4. The van der Waals surface area contributed by atoms with E-state index in [-0.39, 0.29) is 11.7 Å². The molecule has 2 unspecified atom stereocenters. The maximum absolute atomic E-state index is 13.4. The molecule has 0 aliphatic heterocycles. The van der Waals surface area contributed by atoms with Crippen LogP contribution in [0.3, 0.4) is 0 Å². The highest BCUT2D eigenvalue weighted by Crippen LogP contribution is 2.38. The highest BCUT2D eigenvalue weighted by molar-refractivity contribution is 6.30. The SMILES string of the molecule is CC(C(O)Cc1cc(Cl)ccc1F)C1CC1. The fraction of sp³-hybridized carbons (Fsp3) is 0.538. The van der Waals surface area contributed by atoms with Crippen LogP contribution in [0.4, 0.5) is 4.39 Å². The molecular formula is C13H16ClFO. The highest BCUT2D eigenvalue weighted by atomic mass is 35.5. The van der Waals surface area contributed by atoms with Crippen molar-refractivity contribution in [1.29, 1.82) is 0 Å². The molecule has 1 aliphatic carbocycles. The van der Waals surface area contributed by atoms with Crippen LogP contribution in [0.5, 0.6) is 0 Å². The molecule has 0 aromatic heterocycles. The molecule has 88 valence electrons. The summed E-state index contributed by atoms with van der Waals surface area (Å²) in [6.45, 7) is 2.03. The van der Waals surface area contributed by atoms with E-state index in [1.54, 1.807) is 6.07 Å². The van der Waals surface area contributed by atoms with E-state index in [1.165, 1.54) is 25.0 Å². The van der Waals surface area contributed by atoms with E-state index in [1.807, 2.05) is 6.92 Å². The van der Waals surface area contributed by atoms with E-state index in [4.69, 9.17) is 11.6 Å². The van der Waals surface area contributed by atoms with Gasteiger partial charge in [0.25, 0.3) is 0 Å². The van der Waals surface area contributed by atoms with Gasteiger partial charge >= 0.3 is 0 Å². The van der Waals surface area contributed by atoms with Crippen LogP contribution < -0.4 is 0 Å². The van der Waals surface area contributed by atoms with Gasteiger partial charge in [-0.05, 0) is 48.4 Å². The van der Waals surface area contributed by atoms with E-state index in [2.05, 4.69) is 0 Å². The molecule has 1 aromatic carbocycles. The maximum Gasteiger partial charge on any atom is 0.126 e. The number of aliphatic hydroxyl groups is 1. The summed E-state index contributed by atoms with van der Waals surface area (Å²) in [5, 5.41) is 10.5. The molecule has 0 heterocycles. The molecule has 2 atom stereocenters. The molecule has 0 bridgehead atoms. The van der Waals surface area contributed by atoms with Crippen molar-refractivity contribution in [2.24, 2.45) is 11.8 Å². The largest absolute Gasteiger partial charge is 0.392 e. The van der Waals surface area contributed by atoms with Gasteiger partial charge in [-0.25, -0.2) is 4.39 Å². The van der Waals surface area contributed by atoms with Gasteiger partial charge in [-0.15, -0.1) is 0 Å². The monoisotopic (exact) mass is 242 g/mol. The summed E-state index contributed by atoms with van der Waals surface area (Å²) < 4.78 is 13.4. The molecule has 3 heteroatoms. The first-order chi connectivity index (χ1) is 7.58. The van der Waals surface area contributed by atoms with E-state index in [0.29, 0.717) is 22.9 Å². The molecule has 0 saturated heterocycles. The number of benzene rings is 1. The van der Waals surface area contributed by atoms with Crippen LogP contribution in [-0.4, -0.2) is 11.2 Å². The third-order valence-corrected chi connectivity index (χ3v) is 3.64. The first-order valence-corrected chi connectivity index (χ1v) is 6.07. The third kappa shape index (κ3) is 2.74. The lowest BCUT2D eigenvalue weighted by molar-refractivity contribution is 0.104. The summed E-state index contributed by atoms with van der Waals surface area (Å²) in [7, 11) is 0. The van der Waals surface area contributed by atoms with Crippen LogP contribution in [0.15, 0.2) is 18.2 Å². The predicted octanol–water partition coefficient (Wildman–Crippen LogP) is 3.43. The Hall–Kier alpha value is -0.600. The molecule has 16 heavy (non-hydrogen) atoms. The van der Waals surface area contributed by atoms with Crippen molar-refractivity contribution in [3.05, 3.63) is 34.6 Å².